The summed E-state index contributed by atoms with van der Waals surface area (Å²) in [7, 11) is 3.60. The van der Waals surface area contributed by atoms with E-state index >= 15 is 0 Å². The number of methoxy groups -OCH3 is 1. The number of amides is 1. The lowest BCUT2D eigenvalue weighted by Crippen LogP contribution is -2.28. The summed E-state index contributed by atoms with van der Waals surface area (Å²) >= 11 is 0. The quantitative estimate of drug-likeness (QED) is 0.495. The molecule has 0 aliphatic carbocycles. The number of aldehydes is 1. The van der Waals surface area contributed by atoms with Crippen LogP contribution in [0.4, 0.5) is 5.69 Å². The van der Waals surface area contributed by atoms with Gasteiger partial charge in [-0.1, -0.05) is 5.16 Å². The fraction of sp³-hybridized carbons (Fsp3) is 0.250. The highest BCUT2D eigenvalue weighted by Gasteiger charge is 2.33. The minimum Gasteiger partial charge on any atom is -0.496 e. The van der Waals surface area contributed by atoms with E-state index in [9.17, 15) is 14.8 Å². The topological polar surface area (TPSA) is 91.2 Å². The van der Waals surface area contributed by atoms with Crippen LogP contribution in [0.3, 0.4) is 0 Å². The molecule has 4 rings (SSSR count). The molecule has 7 heteroatoms. The van der Waals surface area contributed by atoms with Crippen molar-refractivity contribution in [1.82, 2.24) is 4.90 Å². The maximum Gasteiger partial charge on any atom is 0.278 e. The van der Waals surface area contributed by atoms with Gasteiger partial charge in [0.25, 0.3) is 5.91 Å². The first-order chi connectivity index (χ1) is 13.1. The van der Waals surface area contributed by atoms with Crippen LogP contribution < -0.4 is 10.1 Å². The van der Waals surface area contributed by atoms with Crippen molar-refractivity contribution in [3.05, 3.63) is 46.5 Å². The molecule has 0 fully saturated rings. The Morgan fingerprint density at radius 1 is 1.22 bits per heavy atom. The number of benzene rings is 2. The fourth-order valence-electron chi connectivity index (χ4n) is 3.86. The highest BCUT2D eigenvalue weighted by molar-refractivity contribution is 6.54. The molecule has 0 saturated carbocycles. The third kappa shape index (κ3) is 2.67. The zero-order valence-corrected chi connectivity index (χ0v) is 15.1. The largest absolute Gasteiger partial charge is 0.496 e. The summed E-state index contributed by atoms with van der Waals surface area (Å²) in [5.41, 5.74) is 5.56. The summed E-state index contributed by atoms with van der Waals surface area (Å²) in [6.45, 7) is 1.55. The first-order valence-electron chi connectivity index (χ1n) is 8.62. The number of hydrogen-bond donors (Lipinski definition) is 2. The first kappa shape index (κ1) is 17.2. The number of fused-ring (bicyclic) bond motifs is 3. The van der Waals surface area contributed by atoms with Crippen molar-refractivity contribution in [1.29, 1.82) is 0 Å². The van der Waals surface area contributed by atoms with Gasteiger partial charge in [-0.3, -0.25) is 9.59 Å². The van der Waals surface area contributed by atoms with E-state index in [1.807, 2.05) is 13.1 Å². The minimum absolute atomic E-state index is 0.00668. The summed E-state index contributed by atoms with van der Waals surface area (Å²) in [5.74, 6) is 0.218. The molecule has 27 heavy (non-hydrogen) atoms. The van der Waals surface area contributed by atoms with Gasteiger partial charge in [-0.05, 0) is 54.4 Å². The van der Waals surface area contributed by atoms with E-state index in [1.54, 1.807) is 25.3 Å². The Morgan fingerprint density at radius 2 is 2.04 bits per heavy atom. The number of ether oxygens (including phenoxy) is 1. The lowest BCUT2D eigenvalue weighted by molar-refractivity contribution is -0.110. The SMILES string of the molecule is COc1ccc(C=O)cc1-c1cc2c(c3c1CCN(C)C3)NC(=O)/C2=N/O. The summed E-state index contributed by atoms with van der Waals surface area (Å²) in [6.07, 6.45) is 1.59. The van der Waals surface area contributed by atoms with Crippen LogP contribution in [0.5, 0.6) is 5.75 Å². The number of nitrogens with zero attached hydrogens (tertiary/aromatic N) is 2. The highest BCUT2D eigenvalue weighted by atomic mass is 16.5. The van der Waals surface area contributed by atoms with Gasteiger partial charge in [-0.2, -0.15) is 0 Å². The molecular weight excluding hydrogens is 346 g/mol. The number of nitrogens with one attached hydrogen (secondary N) is 1. The Balaban J connectivity index is 2.03. The Kier molecular flexibility index (Phi) is 4.16. The molecule has 2 aromatic carbocycles. The van der Waals surface area contributed by atoms with Gasteiger partial charge in [0, 0.05) is 29.8 Å². The lowest BCUT2D eigenvalue weighted by atomic mass is 9.86. The molecule has 2 aromatic rings. The van der Waals surface area contributed by atoms with Gasteiger partial charge < -0.3 is 20.2 Å². The number of anilines is 1. The first-order valence-corrected chi connectivity index (χ1v) is 8.62. The van der Waals surface area contributed by atoms with Gasteiger partial charge in [0.15, 0.2) is 5.71 Å². The van der Waals surface area contributed by atoms with Crippen LogP contribution in [0, 0.1) is 0 Å². The number of carbonyl (C=O) groups excluding carboxylic acids is 2. The molecule has 2 heterocycles. The van der Waals surface area contributed by atoms with Gasteiger partial charge in [0.05, 0.1) is 12.8 Å². The summed E-state index contributed by atoms with van der Waals surface area (Å²) in [6, 6.07) is 7.09. The summed E-state index contributed by atoms with van der Waals surface area (Å²) < 4.78 is 5.52. The van der Waals surface area contributed by atoms with E-state index < -0.39 is 5.91 Å². The van der Waals surface area contributed by atoms with E-state index in [2.05, 4.69) is 15.4 Å². The molecule has 0 aromatic heterocycles. The van der Waals surface area contributed by atoms with Gasteiger partial charge in [0.2, 0.25) is 0 Å². The zero-order chi connectivity index (χ0) is 19.1. The van der Waals surface area contributed by atoms with Gasteiger partial charge in [-0.25, -0.2) is 0 Å². The van der Waals surface area contributed by atoms with Crippen molar-refractivity contribution in [2.45, 2.75) is 13.0 Å². The third-order valence-corrected chi connectivity index (χ3v) is 5.18. The number of hydrogen-bond acceptors (Lipinski definition) is 6. The average molecular weight is 365 g/mol. The monoisotopic (exact) mass is 365 g/mol. The summed E-state index contributed by atoms with van der Waals surface area (Å²) in [4.78, 5) is 25.7. The van der Waals surface area contributed by atoms with Crippen molar-refractivity contribution >= 4 is 23.6 Å². The van der Waals surface area contributed by atoms with E-state index in [1.165, 1.54) is 0 Å². The fourth-order valence-corrected chi connectivity index (χ4v) is 3.86. The van der Waals surface area contributed by atoms with Crippen LogP contribution >= 0.6 is 0 Å². The molecule has 2 aliphatic rings. The second kappa shape index (κ2) is 6.51. The van der Waals surface area contributed by atoms with Crippen molar-refractivity contribution in [3.63, 3.8) is 0 Å². The molecule has 0 radical (unpaired) electrons. The maximum absolute atomic E-state index is 12.2. The molecule has 7 nitrogen and oxygen atoms in total. The second-order valence-electron chi connectivity index (χ2n) is 6.77. The van der Waals surface area contributed by atoms with Crippen LogP contribution in [0.2, 0.25) is 0 Å². The van der Waals surface area contributed by atoms with Gasteiger partial charge in [-0.15, -0.1) is 0 Å². The van der Waals surface area contributed by atoms with Crippen LogP contribution in [0.1, 0.15) is 27.0 Å². The molecule has 2 aliphatic heterocycles. The molecule has 0 saturated heterocycles. The van der Waals surface area contributed by atoms with E-state index in [4.69, 9.17) is 4.74 Å². The molecule has 0 unspecified atom stereocenters. The number of carbonyl (C=O) groups is 2. The van der Waals surface area contributed by atoms with E-state index in [0.29, 0.717) is 29.1 Å². The Bertz CT molecular complexity index is 997. The maximum atomic E-state index is 12.2. The van der Waals surface area contributed by atoms with Crippen LogP contribution in [0.15, 0.2) is 29.4 Å². The normalized spacial score (nSPS) is 17.4. The van der Waals surface area contributed by atoms with Gasteiger partial charge >= 0.3 is 0 Å². The molecular formula is C20H19N3O4. The molecule has 138 valence electrons. The molecule has 0 bridgehead atoms. The third-order valence-electron chi connectivity index (χ3n) is 5.18. The average Bonchev–Trinajstić information content (AvgIpc) is 3.01. The van der Waals surface area contributed by atoms with Crippen LogP contribution in [-0.2, 0) is 17.8 Å². The van der Waals surface area contributed by atoms with Crippen LogP contribution in [0.25, 0.3) is 11.1 Å². The minimum atomic E-state index is -0.423. The number of rotatable bonds is 3. The smallest absolute Gasteiger partial charge is 0.278 e. The van der Waals surface area contributed by atoms with Crippen LogP contribution in [-0.4, -0.2) is 48.7 Å². The molecule has 0 spiro atoms. The molecule has 0 atom stereocenters. The Hall–Kier alpha value is -3.19. The zero-order valence-electron chi connectivity index (χ0n) is 15.1. The second-order valence-corrected chi connectivity index (χ2v) is 6.77. The number of oxime groups is 1. The molecule has 2 N–H and O–H groups in total. The Labute approximate surface area is 156 Å². The summed E-state index contributed by atoms with van der Waals surface area (Å²) in [5, 5.41) is 15.4. The van der Waals surface area contributed by atoms with Crippen molar-refractivity contribution in [3.8, 4) is 16.9 Å². The van der Waals surface area contributed by atoms with E-state index in [-0.39, 0.29) is 5.71 Å². The standard InChI is InChI=1S/C20H19N3O4/c1-23-6-5-12-13(14-7-11(10-24)3-4-17(14)27-2)8-15-18(16(12)9-23)21-20(25)19(15)22-26/h3-4,7-8,10,26H,5-6,9H2,1-2H3,(H,21,22,25). The Morgan fingerprint density at radius 3 is 2.74 bits per heavy atom. The van der Waals surface area contributed by atoms with Crippen molar-refractivity contribution in [2.24, 2.45) is 5.16 Å². The predicted octanol–water partition coefficient (Wildman–Crippen LogP) is 2.29. The molecule has 1 amide bonds. The van der Waals surface area contributed by atoms with Crippen molar-refractivity contribution in [2.75, 3.05) is 26.0 Å². The van der Waals surface area contributed by atoms with Crippen molar-refractivity contribution < 1.29 is 19.5 Å². The van der Waals surface area contributed by atoms with E-state index in [0.717, 1.165) is 41.5 Å². The van der Waals surface area contributed by atoms with Gasteiger partial charge in [0.1, 0.15) is 12.0 Å². The predicted molar refractivity (Wildman–Crippen MR) is 101 cm³/mol. The highest BCUT2D eigenvalue weighted by Crippen LogP contribution is 2.42. The number of likely N-dealkylation sites (N-methyl/N-ethyl adjacent to an activating group) is 1. The lowest BCUT2D eigenvalue weighted by Gasteiger charge is -2.29.